The van der Waals surface area contributed by atoms with Crippen LogP contribution in [-0.2, 0) is 10.0 Å². The number of sulfonamides is 1. The number of rotatable bonds is 5. The molecule has 0 saturated carbocycles. The Bertz CT molecular complexity index is 1290. The Balaban J connectivity index is 1.49. The summed E-state index contributed by atoms with van der Waals surface area (Å²) in [4.78, 5) is 17.4. The highest BCUT2D eigenvalue weighted by Crippen LogP contribution is 2.26. The van der Waals surface area contributed by atoms with Crippen LogP contribution in [0.4, 0.5) is 11.4 Å². The lowest BCUT2D eigenvalue weighted by atomic mass is 10.1. The molecule has 0 aromatic heterocycles. The van der Waals surface area contributed by atoms with Crippen molar-refractivity contribution in [2.24, 2.45) is 0 Å². The number of anilines is 2. The van der Waals surface area contributed by atoms with Gasteiger partial charge in [0.1, 0.15) is 0 Å². The van der Waals surface area contributed by atoms with Gasteiger partial charge in [-0.2, -0.15) is 0 Å². The Morgan fingerprint density at radius 3 is 2.18 bits per heavy atom. The summed E-state index contributed by atoms with van der Waals surface area (Å²) in [7, 11) is -2.26. The normalized spacial score (nSPS) is 14.2. The van der Waals surface area contributed by atoms with E-state index in [1.807, 2.05) is 19.1 Å². The topological polar surface area (TPSA) is 60.9 Å². The van der Waals surface area contributed by atoms with Crippen molar-refractivity contribution in [1.29, 1.82) is 0 Å². The van der Waals surface area contributed by atoms with Crippen molar-refractivity contribution in [3.05, 3.63) is 89.0 Å². The first kappa shape index (κ1) is 23.8. The molecule has 0 unspecified atom stereocenters. The second-order valence-corrected chi connectivity index (χ2v) is 10.8. The number of nitrogens with zero attached hydrogens (tertiary/aromatic N) is 3. The fourth-order valence-corrected chi connectivity index (χ4v) is 5.49. The second kappa shape index (κ2) is 9.50. The summed E-state index contributed by atoms with van der Waals surface area (Å²) in [6.07, 6.45) is 0. The first-order valence-electron chi connectivity index (χ1n) is 11.4. The van der Waals surface area contributed by atoms with Gasteiger partial charge in [0.25, 0.3) is 15.9 Å². The number of piperazine rings is 1. The molecule has 0 bridgehead atoms. The van der Waals surface area contributed by atoms with Crippen molar-refractivity contribution in [2.45, 2.75) is 25.7 Å². The van der Waals surface area contributed by atoms with Crippen LogP contribution in [0.25, 0.3) is 0 Å². The quantitative estimate of drug-likeness (QED) is 0.547. The first-order chi connectivity index (χ1) is 16.2. The number of aryl methyl sites for hydroxylation is 2. The van der Waals surface area contributed by atoms with Gasteiger partial charge in [-0.25, -0.2) is 8.42 Å². The lowest BCUT2D eigenvalue weighted by Crippen LogP contribution is -2.49. The summed E-state index contributed by atoms with van der Waals surface area (Å²) >= 11 is 0. The summed E-state index contributed by atoms with van der Waals surface area (Å²) in [5.74, 6) is -0.143. The maximum Gasteiger partial charge on any atom is 0.264 e. The van der Waals surface area contributed by atoms with E-state index in [9.17, 15) is 13.2 Å². The molecule has 1 aliphatic rings. The van der Waals surface area contributed by atoms with E-state index in [1.54, 1.807) is 29.2 Å². The largest absolute Gasteiger partial charge is 0.368 e. The van der Waals surface area contributed by atoms with Gasteiger partial charge in [-0.3, -0.25) is 9.10 Å². The fourth-order valence-electron chi connectivity index (χ4n) is 4.25. The van der Waals surface area contributed by atoms with E-state index in [1.165, 1.54) is 40.3 Å². The van der Waals surface area contributed by atoms with E-state index in [0.717, 1.165) is 18.7 Å². The first-order valence-corrected chi connectivity index (χ1v) is 12.9. The van der Waals surface area contributed by atoms with Crippen LogP contribution in [-0.4, -0.2) is 52.5 Å². The van der Waals surface area contributed by atoms with Crippen molar-refractivity contribution in [1.82, 2.24) is 4.90 Å². The summed E-state index contributed by atoms with van der Waals surface area (Å²) in [6.45, 7) is 8.85. The molecule has 3 aromatic carbocycles. The molecular formula is C27H31N3O3S. The van der Waals surface area contributed by atoms with Crippen LogP contribution in [0.5, 0.6) is 0 Å². The number of benzene rings is 3. The standard InChI is InChI=1S/C27H31N3O3S/c1-20-11-13-24(14-12-20)28(4)34(32,33)25-9-6-8-23(19-25)27(31)30-17-15-29(16-18-30)26-10-5-7-21(2)22(26)3/h5-14,19H,15-18H2,1-4H3. The third-order valence-corrected chi connectivity index (χ3v) is 8.40. The van der Waals surface area contributed by atoms with Crippen molar-refractivity contribution < 1.29 is 13.2 Å². The molecule has 1 aliphatic heterocycles. The minimum atomic E-state index is -3.79. The van der Waals surface area contributed by atoms with Crippen molar-refractivity contribution in [2.75, 3.05) is 42.4 Å². The average molecular weight is 478 g/mol. The molecular weight excluding hydrogens is 446 g/mol. The highest BCUT2D eigenvalue weighted by Gasteiger charge is 2.26. The van der Waals surface area contributed by atoms with E-state index in [2.05, 4.69) is 36.9 Å². The molecule has 0 atom stereocenters. The van der Waals surface area contributed by atoms with E-state index in [-0.39, 0.29) is 10.8 Å². The summed E-state index contributed by atoms with van der Waals surface area (Å²) < 4.78 is 27.7. The zero-order chi connectivity index (χ0) is 24.5. The van der Waals surface area contributed by atoms with Crippen molar-refractivity contribution in [3.8, 4) is 0 Å². The van der Waals surface area contributed by atoms with Gasteiger partial charge in [-0.05, 0) is 68.3 Å². The number of carbonyl (C=O) groups is 1. The smallest absolute Gasteiger partial charge is 0.264 e. The van der Waals surface area contributed by atoms with E-state index in [4.69, 9.17) is 0 Å². The SMILES string of the molecule is Cc1ccc(N(C)S(=O)(=O)c2cccc(C(=O)N3CCN(c4cccc(C)c4C)CC3)c2)cc1. The summed E-state index contributed by atoms with van der Waals surface area (Å²) in [5.41, 5.74) is 5.74. The van der Waals surface area contributed by atoms with E-state index >= 15 is 0 Å². The Kier molecular flexibility index (Phi) is 6.66. The third-order valence-electron chi connectivity index (χ3n) is 6.62. The predicted octanol–water partition coefficient (Wildman–Crippen LogP) is 4.40. The van der Waals surface area contributed by atoms with Gasteiger partial charge < -0.3 is 9.80 Å². The highest BCUT2D eigenvalue weighted by molar-refractivity contribution is 7.92. The lowest BCUT2D eigenvalue weighted by Gasteiger charge is -2.37. The molecule has 34 heavy (non-hydrogen) atoms. The van der Waals surface area contributed by atoms with Crippen LogP contribution in [0.2, 0.25) is 0 Å². The molecule has 0 N–H and O–H groups in total. The molecule has 4 rings (SSSR count). The lowest BCUT2D eigenvalue weighted by molar-refractivity contribution is 0.0746. The summed E-state index contributed by atoms with van der Waals surface area (Å²) in [6, 6.07) is 19.9. The molecule has 0 spiro atoms. The third kappa shape index (κ3) is 4.66. The number of hydrogen-bond donors (Lipinski definition) is 0. The van der Waals surface area contributed by atoms with Gasteiger partial charge in [-0.1, -0.05) is 35.9 Å². The van der Waals surface area contributed by atoms with Crippen LogP contribution < -0.4 is 9.21 Å². The second-order valence-electron chi connectivity index (χ2n) is 8.83. The van der Waals surface area contributed by atoms with Gasteiger partial charge in [0.15, 0.2) is 0 Å². The zero-order valence-electron chi connectivity index (χ0n) is 20.2. The van der Waals surface area contributed by atoms with Gasteiger partial charge in [0.05, 0.1) is 10.6 Å². The summed E-state index contributed by atoms with van der Waals surface area (Å²) in [5, 5.41) is 0. The minimum absolute atomic E-state index is 0.107. The molecule has 178 valence electrons. The molecule has 0 aliphatic carbocycles. The molecule has 0 radical (unpaired) electrons. The molecule has 7 heteroatoms. The maximum absolute atomic E-state index is 13.2. The predicted molar refractivity (Wildman–Crippen MR) is 137 cm³/mol. The molecule has 1 fully saturated rings. The van der Waals surface area contributed by atoms with Crippen LogP contribution in [0.15, 0.2) is 71.6 Å². The fraction of sp³-hybridized carbons (Fsp3) is 0.296. The van der Waals surface area contributed by atoms with Gasteiger partial charge in [-0.15, -0.1) is 0 Å². The maximum atomic E-state index is 13.2. The van der Waals surface area contributed by atoms with Crippen LogP contribution in [0.3, 0.4) is 0 Å². The van der Waals surface area contributed by atoms with Crippen LogP contribution in [0.1, 0.15) is 27.0 Å². The zero-order valence-corrected chi connectivity index (χ0v) is 21.0. The van der Waals surface area contributed by atoms with Crippen molar-refractivity contribution in [3.63, 3.8) is 0 Å². The molecule has 6 nitrogen and oxygen atoms in total. The Labute approximate surface area is 202 Å². The molecule has 1 amide bonds. The molecule has 1 saturated heterocycles. The van der Waals surface area contributed by atoms with E-state index in [0.29, 0.717) is 24.3 Å². The van der Waals surface area contributed by atoms with Gasteiger partial charge >= 0.3 is 0 Å². The number of amides is 1. The van der Waals surface area contributed by atoms with E-state index < -0.39 is 10.0 Å². The van der Waals surface area contributed by atoms with Crippen LogP contribution in [0, 0.1) is 20.8 Å². The Morgan fingerprint density at radius 2 is 1.50 bits per heavy atom. The highest BCUT2D eigenvalue weighted by atomic mass is 32.2. The average Bonchev–Trinajstić information content (AvgIpc) is 2.85. The Morgan fingerprint density at radius 1 is 0.853 bits per heavy atom. The van der Waals surface area contributed by atoms with Gasteiger partial charge in [0.2, 0.25) is 0 Å². The van der Waals surface area contributed by atoms with Gasteiger partial charge in [0, 0.05) is 44.5 Å². The number of carbonyl (C=O) groups excluding carboxylic acids is 1. The Hall–Kier alpha value is -3.32. The minimum Gasteiger partial charge on any atom is -0.368 e. The van der Waals surface area contributed by atoms with Crippen molar-refractivity contribution >= 4 is 27.3 Å². The monoisotopic (exact) mass is 477 g/mol. The number of hydrogen-bond acceptors (Lipinski definition) is 4. The van der Waals surface area contributed by atoms with Crippen LogP contribution >= 0.6 is 0 Å². The molecule has 3 aromatic rings. The molecule has 1 heterocycles.